The number of morpholine rings is 1. The number of hydrogen-bond acceptors (Lipinski definition) is 4. The molecule has 0 amide bonds. The molecule has 0 aromatic carbocycles. The topological polar surface area (TPSA) is 76.0 Å². The minimum atomic E-state index is -3.84. The molecule has 0 N–H and O–H groups in total. The van der Waals surface area contributed by atoms with Gasteiger partial charge in [-0.1, -0.05) is 4.40 Å². The third kappa shape index (κ3) is 2.62. The van der Waals surface area contributed by atoms with Crippen LogP contribution in [0.15, 0.2) is 4.40 Å². The Morgan fingerprint density at radius 2 is 1.86 bits per heavy atom. The number of isocyanates is 1. The summed E-state index contributed by atoms with van der Waals surface area (Å²) in [6.07, 6.45) is 0.670. The molecule has 0 saturated carbocycles. The molecule has 0 bridgehead atoms. The molecule has 80 valence electrons. The van der Waals surface area contributed by atoms with Gasteiger partial charge >= 0.3 is 10.2 Å². The molecule has 0 aromatic heterocycles. The largest absolute Gasteiger partial charge is 0.373 e. The summed E-state index contributed by atoms with van der Waals surface area (Å²) in [4.78, 5) is 9.90. The highest BCUT2D eigenvalue weighted by Crippen LogP contribution is 2.14. The lowest BCUT2D eigenvalue weighted by Gasteiger charge is -2.32. The standard InChI is InChI=1S/C7H12N2O4S/c1-6-3-9(4-7(2)13-6)14(11,12)8-5-10/h6-7H,3-4H2,1-2H3. The average molecular weight is 220 g/mol. The van der Waals surface area contributed by atoms with Crippen LogP contribution in [-0.2, 0) is 19.7 Å². The maximum absolute atomic E-state index is 11.3. The van der Waals surface area contributed by atoms with Gasteiger partial charge in [0.1, 0.15) is 0 Å². The predicted molar refractivity (Wildman–Crippen MR) is 48.6 cm³/mol. The molecule has 14 heavy (non-hydrogen) atoms. The summed E-state index contributed by atoms with van der Waals surface area (Å²) in [6, 6.07) is 0. The van der Waals surface area contributed by atoms with Gasteiger partial charge in [-0.15, -0.1) is 0 Å². The van der Waals surface area contributed by atoms with E-state index in [0.29, 0.717) is 0 Å². The monoisotopic (exact) mass is 220 g/mol. The molecule has 1 saturated heterocycles. The summed E-state index contributed by atoms with van der Waals surface area (Å²) in [5.74, 6) is 0. The number of nitrogens with zero attached hydrogens (tertiary/aromatic N) is 2. The van der Waals surface area contributed by atoms with Crippen molar-refractivity contribution in [1.29, 1.82) is 0 Å². The maximum atomic E-state index is 11.3. The van der Waals surface area contributed by atoms with Gasteiger partial charge in [-0.2, -0.15) is 12.7 Å². The fraction of sp³-hybridized carbons (Fsp3) is 0.857. The van der Waals surface area contributed by atoms with Crippen LogP contribution in [0.3, 0.4) is 0 Å². The molecule has 0 radical (unpaired) electrons. The number of rotatable bonds is 2. The van der Waals surface area contributed by atoms with Crippen molar-refractivity contribution in [2.75, 3.05) is 13.1 Å². The Bertz CT molecular complexity index is 337. The van der Waals surface area contributed by atoms with Crippen LogP contribution >= 0.6 is 0 Å². The molecule has 1 aliphatic rings. The first-order chi connectivity index (χ1) is 6.45. The summed E-state index contributed by atoms with van der Waals surface area (Å²) in [7, 11) is -3.84. The number of carbonyl (C=O) groups excluding carboxylic acids is 1. The SMILES string of the molecule is CC1CN(S(=O)(=O)N=C=O)CC(C)O1. The molecule has 0 spiro atoms. The molecule has 1 fully saturated rings. The van der Waals surface area contributed by atoms with E-state index in [4.69, 9.17) is 4.74 Å². The summed E-state index contributed by atoms with van der Waals surface area (Å²) in [5, 5.41) is 0. The van der Waals surface area contributed by atoms with Crippen molar-refractivity contribution in [3.63, 3.8) is 0 Å². The molecular weight excluding hydrogens is 208 g/mol. The highest BCUT2D eigenvalue weighted by atomic mass is 32.2. The number of ether oxygens (including phenoxy) is 1. The molecule has 1 aliphatic heterocycles. The minimum Gasteiger partial charge on any atom is -0.373 e. The van der Waals surface area contributed by atoms with E-state index in [9.17, 15) is 13.2 Å². The van der Waals surface area contributed by atoms with Crippen molar-refractivity contribution in [2.24, 2.45) is 4.40 Å². The quantitative estimate of drug-likeness (QED) is 0.472. The second-order valence-corrected chi connectivity index (χ2v) is 4.83. The van der Waals surface area contributed by atoms with Gasteiger partial charge in [-0.25, -0.2) is 4.79 Å². The minimum absolute atomic E-state index is 0.185. The molecular formula is C7H12N2O4S. The molecule has 2 unspecified atom stereocenters. The summed E-state index contributed by atoms with van der Waals surface area (Å²) in [6.45, 7) is 3.97. The Labute approximate surface area is 82.7 Å². The molecule has 1 rings (SSSR count). The first-order valence-corrected chi connectivity index (χ1v) is 5.60. The average Bonchev–Trinajstić information content (AvgIpc) is 2.02. The van der Waals surface area contributed by atoms with Gasteiger partial charge < -0.3 is 4.74 Å². The zero-order valence-electron chi connectivity index (χ0n) is 8.00. The Morgan fingerprint density at radius 3 is 2.29 bits per heavy atom. The van der Waals surface area contributed by atoms with Gasteiger partial charge in [0, 0.05) is 13.1 Å². The lowest BCUT2D eigenvalue weighted by atomic mass is 10.3. The van der Waals surface area contributed by atoms with E-state index in [-0.39, 0.29) is 25.3 Å². The fourth-order valence-electron chi connectivity index (χ4n) is 1.42. The van der Waals surface area contributed by atoms with E-state index in [1.165, 1.54) is 0 Å². The Morgan fingerprint density at radius 1 is 1.36 bits per heavy atom. The Kier molecular flexibility index (Phi) is 3.38. The third-order valence-corrected chi connectivity index (χ3v) is 3.12. The molecule has 0 aliphatic carbocycles. The maximum Gasteiger partial charge on any atom is 0.332 e. The fourth-order valence-corrected chi connectivity index (χ4v) is 2.43. The molecule has 2 atom stereocenters. The smallest absolute Gasteiger partial charge is 0.332 e. The van der Waals surface area contributed by atoms with Crippen molar-refractivity contribution >= 4 is 16.3 Å². The van der Waals surface area contributed by atoms with Crippen molar-refractivity contribution in [1.82, 2.24) is 4.31 Å². The Balaban J connectivity index is 2.83. The Hall–Kier alpha value is -0.750. The summed E-state index contributed by atoms with van der Waals surface area (Å²) in [5.41, 5.74) is 0. The van der Waals surface area contributed by atoms with Crippen LogP contribution in [0.1, 0.15) is 13.8 Å². The first kappa shape index (κ1) is 11.3. The van der Waals surface area contributed by atoms with Crippen molar-refractivity contribution in [3.05, 3.63) is 0 Å². The molecule has 0 aromatic rings. The van der Waals surface area contributed by atoms with Gasteiger partial charge in [0.15, 0.2) is 0 Å². The van der Waals surface area contributed by atoms with Crippen LogP contribution in [0.25, 0.3) is 0 Å². The second-order valence-electron chi connectivity index (χ2n) is 3.23. The van der Waals surface area contributed by atoms with Crippen molar-refractivity contribution in [3.8, 4) is 0 Å². The summed E-state index contributed by atoms with van der Waals surface area (Å²) >= 11 is 0. The highest BCUT2D eigenvalue weighted by molar-refractivity contribution is 7.87. The normalized spacial score (nSPS) is 29.6. The third-order valence-electron chi connectivity index (χ3n) is 1.87. The van der Waals surface area contributed by atoms with Crippen LogP contribution in [0.2, 0.25) is 0 Å². The van der Waals surface area contributed by atoms with Gasteiger partial charge in [0.05, 0.1) is 12.2 Å². The molecule has 6 nitrogen and oxygen atoms in total. The van der Waals surface area contributed by atoms with Crippen LogP contribution < -0.4 is 0 Å². The lowest BCUT2D eigenvalue weighted by molar-refractivity contribution is -0.0440. The van der Waals surface area contributed by atoms with Gasteiger partial charge in [-0.3, -0.25) is 0 Å². The van der Waals surface area contributed by atoms with Crippen LogP contribution in [0.4, 0.5) is 0 Å². The highest BCUT2D eigenvalue weighted by Gasteiger charge is 2.30. The molecule has 7 heteroatoms. The van der Waals surface area contributed by atoms with Crippen LogP contribution in [-0.4, -0.2) is 44.1 Å². The number of hydrogen-bond donors (Lipinski definition) is 0. The van der Waals surface area contributed by atoms with E-state index in [1.807, 2.05) is 0 Å². The summed E-state index contributed by atoms with van der Waals surface area (Å²) < 4.78 is 31.9. The first-order valence-electron chi connectivity index (χ1n) is 4.20. The zero-order valence-corrected chi connectivity index (χ0v) is 8.82. The van der Waals surface area contributed by atoms with E-state index in [0.717, 1.165) is 10.4 Å². The molecule has 1 heterocycles. The van der Waals surface area contributed by atoms with E-state index in [2.05, 4.69) is 4.40 Å². The predicted octanol–water partition coefficient (Wildman–Crippen LogP) is -0.324. The van der Waals surface area contributed by atoms with E-state index < -0.39 is 10.2 Å². The van der Waals surface area contributed by atoms with Crippen LogP contribution in [0, 0.1) is 0 Å². The van der Waals surface area contributed by atoms with E-state index in [1.54, 1.807) is 13.8 Å². The van der Waals surface area contributed by atoms with Gasteiger partial charge in [0.25, 0.3) is 6.08 Å². The van der Waals surface area contributed by atoms with Crippen molar-refractivity contribution in [2.45, 2.75) is 26.1 Å². The van der Waals surface area contributed by atoms with Crippen molar-refractivity contribution < 1.29 is 17.9 Å². The van der Waals surface area contributed by atoms with Gasteiger partial charge in [-0.05, 0) is 13.8 Å². The van der Waals surface area contributed by atoms with Crippen LogP contribution in [0.5, 0.6) is 0 Å². The zero-order chi connectivity index (χ0) is 10.8. The second kappa shape index (κ2) is 4.18. The van der Waals surface area contributed by atoms with Gasteiger partial charge in [0.2, 0.25) is 0 Å². The van der Waals surface area contributed by atoms with E-state index >= 15 is 0 Å². The lowest BCUT2D eigenvalue weighted by Crippen LogP contribution is -2.47.